The maximum atomic E-state index is 8.99. The van der Waals surface area contributed by atoms with E-state index in [9.17, 15) is 0 Å². The molecule has 3 N–H and O–H groups in total. The molecule has 1 unspecified atom stereocenters. The SMILES string of the molecule is CCNC(=NCC(C)CO)NC1CCCCC1.I. The van der Waals surface area contributed by atoms with Crippen LogP contribution in [-0.2, 0) is 0 Å². The average Bonchev–Trinajstić information content (AvgIpc) is 2.37. The highest BCUT2D eigenvalue weighted by Crippen LogP contribution is 2.17. The maximum Gasteiger partial charge on any atom is 0.191 e. The Morgan fingerprint density at radius 1 is 1.33 bits per heavy atom. The number of guanidine groups is 1. The molecule has 0 aromatic carbocycles. The van der Waals surface area contributed by atoms with E-state index in [2.05, 4.69) is 22.5 Å². The van der Waals surface area contributed by atoms with Crippen molar-refractivity contribution in [3.63, 3.8) is 0 Å². The molecule has 0 spiro atoms. The average molecular weight is 369 g/mol. The van der Waals surface area contributed by atoms with Crippen LogP contribution in [0.5, 0.6) is 0 Å². The summed E-state index contributed by atoms with van der Waals surface area (Å²) in [6, 6.07) is 0.575. The van der Waals surface area contributed by atoms with Crippen molar-refractivity contribution in [2.45, 2.75) is 52.0 Å². The van der Waals surface area contributed by atoms with Crippen LogP contribution < -0.4 is 10.6 Å². The van der Waals surface area contributed by atoms with Crippen molar-refractivity contribution in [2.24, 2.45) is 10.9 Å². The Balaban J connectivity index is 0.00000289. The molecule has 108 valence electrons. The summed E-state index contributed by atoms with van der Waals surface area (Å²) in [7, 11) is 0. The Hall–Kier alpha value is -0.0400. The molecule has 1 saturated carbocycles. The van der Waals surface area contributed by atoms with E-state index in [0.29, 0.717) is 12.6 Å². The van der Waals surface area contributed by atoms with Crippen LogP contribution >= 0.6 is 24.0 Å². The predicted octanol–water partition coefficient (Wildman–Crippen LogP) is 2.12. The molecule has 0 amide bonds. The van der Waals surface area contributed by atoms with Crippen molar-refractivity contribution >= 4 is 29.9 Å². The van der Waals surface area contributed by atoms with Gasteiger partial charge in [-0.25, -0.2) is 0 Å². The van der Waals surface area contributed by atoms with Crippen LogP contribution in [0.4, 0.5) is 0 Å². The van der Waals surface area contributed by atoms with Gasteiger partial charge in [-0.05, 0) is 25.7 Å². The highest BCUT2D eigenvalue weighted by molar-refractivity contribution is 14.0. The molecule has 0 aromatic heterocycles. The van der Waals surface area contributed by atoms with Gasteiger partial charge in [-0.15, -0.1) is 24.0 Å². The number of aliphatic imine (C=N–C) groups is 1. The van der Waals surface area contributed by atoms with Crippen LogP contribution in [0.2, 0.25) is 0 Å². The predicted molar refractivity (Wildman–Crippen MR) is 87.7 cm³/mol. The highest BCUT2D eigenvalue weighted by atomic mass is 127. The molecule has 0 bridgehead atoms. The largest absolute Gasteiger partial charge is 0.396 e. The number of hydrogen-bond acceptors (Lipinski definition) is 2. The summed E-state index contributed by atoms with van der Waals surface area (Å²) in [5.41, 5.74) is 0. The molecular weight excluding hydrogens is 341 g/mol. The van der Waals surface area contributed by atoms with Crippen LogP contribution in [0.15, 0.2) is 4.99 Å². The first kappa shape index (κ1) is 18.0. The van der Waals surface area contributed by atoms with Gasteiger partial charge < -0.3 is 15.7 Å². The number of halogens is 1. The van der Waals surface area contributed by atoms with Crippen LogP contribution in [0, 0.1) is 5.92 Å². The first-order valence-corrected chi connectivity index (χ1v) is 6.92. The second-order valence-electron chi connectivity index (χ2n) is 4.99. The smallest absolute Gasteiger partial charge is 0.191 e. The summed E-state index contributed by atoms with van der Waals surface area (Å²) in [4.78, 5) is 4.51. The van der Waals surface area contributed by atoms with Crippen molar-refractivity contribution in [1.82, 2.24) is 10.6 Å². The van der Waals surface area contributed by atoms with E-state index in [4.69, 9.17) is 5.11 Å². The molecule has 4 nitrogen and oxygen atoms in total. The van der Waals surface area contributed by atoms with E-state index in [0.717, 1.165) is 12.5 Å². The molecule has 1 rings (SSSR count). The lowest BCUT2D eigenvalue weighted by atomic mass is 9.96. The van der Waals surface area contributed by atoms with Crippen LogP contribution in [0.1, 0.15) is 46.0 Å². The Kier molecular flexibility index (Phi) is 10.8. The summed E-state index contributed by atoms with van der Waals surface area (Å²) in [6.07, 6.45) is 6.52. The topological polar surface area (TPSA) is 56.7 Å². The van der Waals surface area contributed by atoms with Crippen LogP contribution in [-0.4, -0.2) is 36.8 Å². The standard InChI is InChI=1S/C13H27N3O.HI/c1-3-14-13(15-9-11(2)10-17)16-12-7-5-4-6-8-12;/h11-12,17H,3-10H2,1-2H3,(H2,14,15,16);1H. The lowest BCUT2D eigenvalue weighted by molar-refractivity contribution is 0.241. The number of rotatable bonds is 5. The normalized spacial score (nSPS) is 18.9. The summed E-state index contributed by atoms with van der Waals surface area (Å²) < 4.78 is 0. The molecule has 0 aliphatic heterocycles. The quantitative estimate of drug-likeness (QED) is 0.395. The monoisotopic (exact) mass is 369 g/mol. The summed E-state index contributed by atoms with van der Waals surface area (Å²) in [5, 5.41) is 15.7. The zero-order valence-corrected chi connectivity index (χ0v) is 13.9. The van der Waals surface area contributed by atoms with Gasteiger partial charge in [0, 0.05) is 25.7 Å². The Morgan fingerprint density at radius 3 is 2.56 bits per heavy atom. The fraction of sp³-hybridized carbons (Fsp3) is 0.923. The molecule has 0 aromatic rings. The van der Waals surface area contributed by atoms with E-state index < -0.39 is 0 Å². The molecule has 1 aliphatic carbocycles. The number of aliphatic hydroxyl groups excluding tert-OH is 1. The molecule has 0 heterocycles. The molecule has 0 saturated heterocycles. The van der Waals surface area contributed by atoms with E-state index in [1.807, 2.05) is 6.92 Å². The third-order valence-electron chi connectivity index (χ3n) is 3.16. The third kappa shape index (κ3) is 7.41. The molecule has 0 radical (unpaired) electrons. The first-order chi connectivity index (χ1) is 8.26. The maximum absolute atomic E-state index is 8.99. The van der Waals surface area contributed by atoms with Gasteiger partial charge in [-0.2, -0.15) is 0 Å². The summed E-state index contributed by atoms with van der Waals surface area (Å²) in [6.45, 7) is 5.85. The van der Waals surface area contributed by atoms with Gasteiger partial charge in [0.05, 0.1) is 0 Å². The van der Waals surface area contributed by atoms with Gasteiger partial charge in [0.25, 0.3) is 0 Å². The molecule has 1 aliphatic rings. The van der Waals surface area contributed by atoms with E-state index in [1.165, 1.54) is 32.1 Å². The summed E-state index contributed by atoms with van der Waals surface area (Å²) in [5.74, 6) is 1.14. The summed E-state index contributed by atoms with van der Waals surface area (Å²) >= 11 is 0. The molecule has 18 heavy (non-hydrogen) atoms. The number of nitrogens with one attached hydrogen (secondary N) is 2. The highest BCUT2D eigenvalue weighted by Gasteiger charge is 2.14. The minimum Gasteiger partial charge on any atom is -0.396 e. The first-order valence-electron chi connectivity index (χ1n) is 6.92. The Labute approximate surface area is 128 Å². The number of aliphatic hydroxyl groups is 1. The second-order valence-corrected chi connectivity index (χ2v) is 4.99. The Morgan fingerprint density at radius 2 is 2.00 bits per heavy atom. The minimum atomic E-state index is 0. The van der Waals surface area contributed by atoms with Gasteiger partial charge in [-0.1, -0.05) is 26.2 Å². The van der Waals surface area contributed by atoms with Gasteiger partial charge in [0.1, 0.15) is 0 Å². The van der Waals surface area contributed by atoms with Gasteiger partial charge >= 0.3 is 0 Å². The van der Waals surface area contributed by atoms with E-state index in [-0.39, 0.29) is 36.5 Å². The van der Waals surface area contributed by atoms with Gasteiger partial charge in [-0.3, -0.25) is 4.99 Å². The Bertz CT molecular complexity index is 230. The fourth-order valence-electron chi connectivity index (χ4n) is 2.07. The molecule has 1 atom stereocenters. The zero-order chi connectivity index (χ0) is 12.5. The molecule has 1 fully saturated rings. The van der Waals surface area contributed by atoms with Crippen molar-refractivity contribution in [1.29, 1.82) is 0 Å². The number of hydrogen-bond donors (Lipinski definition) is 3. The van der Waals surface area contributed by atoms with Gasteiger partial charge in [0.2, 0.25) is 0 Å². The second kappa shape index (κ2) is 10.8. The van der Waals surface area contributed by atoms with Crippen molar-refractivity contribution in [3.8, 4) is 0 Å². The molecule has 5 heteroatoms. The van der Waals surface area contributed by atoms with Crippen LogP contribution in [0.3, 0.4) is 0 Å². The lowest BCUT2D eigenvalue weighted by Gasteiger charge is -2.25. The molecular formula is C13H28IN3O. The van der Waals surface area contributed by atoms with E-state index >= 15 is 0 Å². The van der Waals surface area contributed by atoms with Crippen molar-refractivity contribution < 1.29 is 5.11 Å². The fourth-order valence-corrected chi connectivity index (χ4v) is 2.07. The number of nitrogens with zero attached hydrogens (tertiary/aromatic N) is 1. The van der Waals surface area contributed by atoms with Crippen molar-refractivity contribution in [2.75, 3.05) is 19.7 Å². The van der Waals surface area contributed by atoms with E-state index in [1.54, 1.807) is 0 Å². The lowest BCUT2D eigenvalue weighted by Crippen LogP contribution is -2.44. The minimum absolute atomic E-state index is 0. The zero-order valence-electron chi connectivity index (χ0n) is 11.6. The third-order valence-corrected chi connectivity index (χ3v) is 3.16. The van der Waals surface area contributed by atoms with Crippen molar-refractivity contribution in [3.05, 3.63) is 0 Å². The van der Waals surface area contributed by atoms with Crippen LogP contribution in [0.25, 0.3) is 0 Å². The van der Waals surface area contributed by atoms with Gasteiger partial charge in [0.15, 0.2) is 5.96 Å².